The van der Waals surface area contributed by atoms with Crippen molar-refractivity contribution in [2.45, 2.75) is 13.0 Å². The van der Waals surface area contributed by atoms with E-state index in [9.17, 15) is 0 Å². The summed E-state index contributed by atoms with van der Waals surface area (Å²) in [6.07, 6.45) is 4.90. The molecule has 0 aliphatic carbocycles. The summed E-state index contributed by atoms with van der Waals surface area (Å²) in [5, 5.41) is 0. The van der Waals surface area contributed by atoms with Gasteiger partial charge in [-0.3, -0.25) is 9.88 Å². The molecular formula is C13H22N4. The largest absolute Gasteiger partial charge is 0.330 e. The molecule has 2 heterocycles. The molecule has 0 amide bonds. The van der Waals surface area contributed by atoms with Crippen LogP contribution in [0.25, 0.3) is 0 Å². The van der Waals surface area contributed by atoms with E-state index in [0.717, 1.165) is 39.1 Å². The Morgan fingerprint density at radius 1 is 1.18 bits per heavy atom. The third-order valence-corrected chi connectivity index (χ3v) is 3.27. The van der Waals surface area contributed by atoms with E-state index < -0.39 is 0 Å². The molecule has 4 nitrogen and oxygen atoms in total. The van der Waals surface area contributed by atoms with Gasteiger partial charge in [0.1, 0.15) is 0 Å². The molecule has 2 rings (SSSR count). The van der Waals surface area contributed by atoms with Crippen LogP contribution in [0.1, 0.15) is 12.0 Å². The fourth-order valence-electron chi connectivity index (χ4n) is 2.24. The third-order valence-electron chi connectivity index (χ3n) is 3.27. The van der Waals surface area contributed by atoms with E-state index in [2.05, 4.69) is 20.9 Å². The smallest absolute Gasteiger partial charge is 0.0312 e. The van der Waals surface area contributed by atoms with Crippen molar-refractivity contribution in [1.82, 2.24) is 14.8 Å². The van der Waals surface area contributed by atoms with Crippen molar-refractivity contribution < 1.29 is 0 Å². The summed E-state index contributed by atoms with van der Waals surface area (Å²) in [5.41, 5.74) is 6.84. The van der Waals surface area contributed by atoms with Crippen molar-refractivity contribution in [3.8, 4) is 0 Å². The summed E-state index contributed by atoms with van der Waals surface area (Å²) >= 11 is 0. The molecule has 0 saturated carbocycles. The second kappa shape index (κ2) is 6.69. The van der Waals surface area contributed by atoms with Crippen LogP contribution in [0.15, 0.2) is 24.5 Å². The van der Waals surface area contributed by atoms with Crippen LogP contribution in [0.2, 0.25) is 0 Å². The van der Waals surface area contributed by atoms with Gasteiger partial charge < -0.3 is 10.6 Å². The van der Waals surface area contributed by atoms with Crippen molar-refractivity contribution in [2.24, 2.45) is 5.73 Å². The maximum absolute atomic E-state index is 5.53. The number of pyridine rings is 1. The molecule has 1 aromatic heterocycles. The molecule has 1 aliphatic heterocycles. The van der Waals surface area contributed by atoms with Gasteiger partial charge >= 0.3 is 0 Å². The Morgan fingerprint density at radius 3 is 2.59 bits per heavy atom. The van der Waals surface area contributed by atoms with Crippen LogP contribution in [0.3, 0.4) is 0 Å². The van der Waals surface area contributed by atoms with Crippen molar-refractivity contribution in [2.75, 3.05) is 39.3 Å². The van der Waals surface area contributed by atoms with Gasteiger partial charge in [0.2, 0.25) is 0 Å². The van der Waals surface area contributed by atoms with Crippen LogP contribution < -0.4 is 5.73 Å². The number of piperazine rings is 1. The zero-order valence-electron chi connectivity index (χ0n) is 10.4. The molecule has 1 aliphatic rings. The first-order valence-electron chi connectivity index (χ1n) is 6.42. The van der Waals surface area contributed by atoms with E-state index in [1.807, 2.05) is 18.5 Å². The summed E-state index contributed by atoms with van der Waals surface area (Å²) < 4.78 is 0. The first-order valence-corrected chi connectivity index (χ1v) is 6.42. The Balaban J connectivity index is 1.72. The lowest BCUT2D eigenvalue weighted by molar-refractivity contribution is 0.126. The van der Waals surface area contributed by atoms with E-state index in [1.165, 1.54) is 18.7 Å². The highest BCUT2D eigenvalue weighted by atomic mass is 15.3. The lowest BCUT2D eigenvalue weighted by Gasteiger charge is -2.34. The van der Waals surface area contributed by atoms with Gasteiger partial charge in [-0.2, -0.15) is 0 Å². The monoisotopic (exact) mass is 234 g/mol. The van der Waals surface area contributed by atoms with Crippen LogP contribution >= 0.6 is 0 Å². The molecule has 4 heteroatoms. The molecule has 17 heavy (non-hydrogen) atoms. The Labute approximate surface area is 103 Å². The van der Waals surface area contributed by atoms with Gasteiger partial charge in [-0.1, -0.05) is 6.07 Å². The van der Waals surface area contributed by atoms with E-state index in [0.29, 0.717) is 0 Å². The summed E-state index contributed by atoms with van der Waals surface area (Å²) in [4.78, 5) is 9.16. The molecular weight excluding hydrogens is 212 g/mol. The normalized spacial score (nSPS) is 18.4. The molecule has 1 fully saturated rings. The summed E-state index contributed by atoms with van der Waals surface area (Å²) in [5.74, 6) is 0. The second-order valence-electron chi connectivity index (χ2n) is 4.62. The van der Waals surface area contributed by atoms with Crippen molar-refractivity contribution in [1.29, 1.82) is 0 Å². The average molecular weight is 234 g/mol. The minimum atomic E-state index is 0.801. The van der Waals surface area contributed by atoms with Crippen LogP contribution in [0, 0.1) is 0 Å². The van der Waals surface area contributed by atoms with Gasteiger partial charge in [-0.25, -0.2) is 0 Å². The summed E-state index contributed by atoms with van der Waals surface area (Å²) in [7, 11) is 0. The van der Waals surface area contributed by atoms with Gasteiger partial charge in [0, 0.05) is 45.1 Å². The van der Waals surface area contributed by atoms with Gasteiger partial charge in [0.15, 0.2) is 0 Å². The molecule has 1 saturated heterocycles. The van der Waals surface area contributed by atoms with Crippen LogP contribution in [0.5, 0.6) is 0 Å². The molecule has 0 aromatic carbocycles. The molecule has 0 atom stereocenters. The molecule has 0 bridgehead atoms. The summed E-state index contributed by atoms with van der Waals surface area (Å²) in [6.45, 7) is 7.62. The minimum absolute atomic E-state index is 0.801. The van der Waals surface area contributed by atoms with Crippen LogP contribution in [-0.2, 0) is 6.54 Å². The maximum atomic E-state index is 5.53. The van der Waals surface area contributed by atoms with Crippen molar-refractivity contribution in [3.63, 3.8) is 0 Å². The fourth-order valence-corrected chi connectivity index (χ4v) is 2.24. The Kier molecular flexibility index (Phi) is 4.91. The van der Waals surface area contributed by atoms with E-state index in [-0.39, 0.29) is 0 Å². The average Bonchev–Trinajstić information content (AvgIpc) is 2.39. The number of nitrogens with zero attached hydrogens (tertiary/aromatic N) is 3. The highest BCUT2D eigenvalue weighted by molar-refractivity contribution is 5.08. The lowest BCUT2D eigenvalue weighted by atomic mass is 10.2. The number of hydrogen-bond donors (Lipinski definition) is 1. The molecule has 2 N–H and O–H groups in total. The Hall–Kier alpha value is -0.970. The molecule has 1 aromatic rings. The number of hydrogen-bond acceptors (Lipinski definition) is 4. The van der Waals surface area contributed by atoms with Crippen LogP contribution in [0.4, 0.5) is 0 Å². The Bertz CT molecular complexity index is 306. The highest BCUT2D eigenvalue weighted by Gasteiger charge is 2.16. The topological polar surface area (TPSA) is 45.4 Å². The van der Waals surface area contributed by atoms with Gasteiger partial charge in [0.25, 0.3) is 0 Å². The standard InChI is InChI=1S/C13H22N4/c14-4-2-6-16-7-9-17(10-8-16)12-13-3-1-5-15-11-13/h1,3,5,11H,2,4,6-10,12,14H2. The Morgan fingerprint density at radius 2 is 1.94 bits per heavy atom. The minimum Gasteiger partial charge on any atom is -0.330 e. The van der Waals surface area contributed by atoms with Gasteiger partial charge in [-0.15, -0.1) is 0 Å². The fraction of sp³-hybridized carbons (Fsp3) is 0.615. The highest BCUT2D eigenvalue weighted by Crippen LogP contribution is 2.07. The van der Waals surface area contributed by atoms with E-state index >= 15 is 0 Å². The zero-order chi connectivity index (χ0) is 11.9. The maximum Gasteiger partial charge on any atom is 0.0312 e. The van der Waals surface area contributed by atoms with Gasteiger partial charge in [0.05, 0.1) is 0 Å². The number of nitrogens with two attached hydrogens (primary N) is 1. The number of aromatic nitrogens is 1. The third kappa shape index (κ3) is 4.07. The molecule has 0 radical (unpaired) electrons. The van der Waals surface area contributed by atoms with Gasteiger partial charge in [-0.05, 0) is 31.1 Å². The quantitative estimate of drug-likeness (QED) is 0.808. The lowest BCUT2D eigenvalue weighted by Crippen LogP contribution is -2.46. The first kappa shape index (κ1) is 12.5. The molecule has 0 spiro atoms. The summed E-state index contributed by atoms with van der Waals surface area (Å²) in [6, 6.07) is 4.15. The van der Waals surface area contributed by atoms with E-state index in [4.69, 9.17) is 5.73 Å². The molecule has 0 unspecified atom stereocenters. The number of rotatable bonds is 5. The van der Waals surface area contributed by atoms with Crippen LogP contribution in [-0.4, -0.2) is 54.1 Å². The zero-order valence-corrected chi connectivity index (χ0v) is 10.4. The first-order chi connectivity index (χ1) is 8.38. The van der Waals surface area contributed by atoms with E-state index in [1.54, 1.807) is 0 Å². The molecule has 94 valence electrons. The van der Waals surface area contributed by atoms with Crippen molar-refractivity contribution >= 4 is 0 Å². The second-order valence-corrected chi connectivity index (χ2v) is 4.62. The van der Waals surface area contributed by atoms with Crippen molar-refractivity contribution in [3.05, 3.63) is 30.1 Å². The predicted molar refractivity (Wildman–Crippen MR) is 69.6 cm³/mol. The predicted octanol–water partition coefficient (Wildman–Crippen LogP) is 0.548. The SMILES string of the molecule is NCCCN1CCN(Cc2cccnc2)CC1.